The molecule has 0 bridgehead atoms. The van der Waals surface area contributed by atoms with E-state index in [9.17, 15) is 13.2 Å². The van der Waals surface area contributed by atoms with Crippen LogP contribution in [0, 0.1) is 0 Å². The predicted octanol–water partition coefficient (Wildman–Crippen LogP) is 2.86. The maximum atomic E-state index is 12.6. The molecule has 0 saturated heterocycles. The Hall–Kier alpha value is -2.29. The lowest BCUT2D eigenvalue weighted by Gasteiger charge is -2.14. The van der Waals surface area contributed by atoms with Crippen molar-refractivity contribution in [3.8, 4) is 11.5 Å². The van der Waals surface area contributed by atoms with Gasteiger partial charge in [0.2, 0.25) is 10.0 Å². The second-order valence-electron chi connectivity index (χ2n) is 5.48. The number of nitrogens with one attached hydrogen (secondary N) is 1. The summed E-state index contributed by atoms with van der Waals surface area (Å²) >= 11 is 6.09. The molecule has 1 amide bonds. The van der Waals surface area contributed by atoms with Crippen LogP contribution in [0.1, 0.15) is 10.4 Å². The van der Waals surface area contributed by atoms with Crippen molar-refractivity contribution < 1.29 is 22.7 Å². The molecule has 0 aliphatic heterocycles. The molecule has 9 heteroatoms. The van der Waals surface area contributed by atoms with Gasteiger partial charge in [-0.25, -0.2) is 12.7 Å². The molecule has 0 fully saturated rings. The molecule has 0 spiro atoms. The summed E-state index contributed by atoms with van der Waals surface area (Å²) in [5, 5.41) is 2.80. The molecule has 2 rings (SSSR count). The van der Waals surface area contributed by atoms with Crippen molar-refractivity contribution in [3.05, 3.63) is 47.0 Å². The Kier molecular flexibility index (Phi) is 6.12. The zero-order chi connectivity index (χ0) is 19.5. The fraction of sp³-hybridized carbons (Fsp3) is 0.235. The molecule has 26 heavy (non-hydrogen) atoms. The van der Waals surface area contributed by atoms with Crippen LogP contribution >= 0.6 is 11.6 Å². The van der Waals surface area contributed by atoms with Crippen LogP contribution in [0.2, 0.25) is 5.02 Å². The number of sulfonamides is 1. The number of amides is 1. The Morgan fingerprint density at radius 2 is 1.62 bits per heavy atom. The Morgan fingerprint density at radius 1 is 1.04 bits per heavy atom. The van der Waals surface area contributed by atoms with Gasteiger partial charge in [0.05, 0.1) is 29.7 Å². The number of halogens is 1. The second kappa shape index (κ2) is 7.94. The lowest BCUT2D eigenvalue weighted by Crippen LogP contribution is -2.23. The minimum Gasteiger partial charge on any atom is -0.497 e. The summed E-state index contributed by atoms with van der Waals surface area (Å²) in [5.74, 6) is 0.436. The molecule has 0 aromatic heterocycles. The van der Waals surface area contributed by atoms with E-state index in [1.54, 1.807) is 18.2 Å². The lowest BCUT2D eigenvalue weighted by molar-refractivity contribution is 0.102. The zero-order valence-electron chi connectivity index (χ0n) is 14.7. The minimum absolute atomic E-state index is 0.0275. The van der Waals surface area contributed by atoms with E-state index in [4.69, 9.17) is 21.1 Å². The minimum atomic E-state index is -3.69. The van der Waals surface area contributed by atoms with E-state index in [-0.39, 0.29) is 15.5 Å². The molecular weight excluding hydrogens is 380 g/mol. The van der Waals surface area contributed by atoms with Gasteiger partial charge in [0, 0.05) is 38.0 Å². The largest absolute Gasteiger partial charge is 0.497 e. The summed E-state index contributed by atoms with van der Waals surface area (Å²) in [6.45, 7) is 0. The van der Waals surface area contributed by atoms with E-state index in [2.05, 4.69) is 5.32 Å². The van der Waals surface area contributed by atoms with E-state index in [0.29, 0.717) is 17.2 Å². The first kappa shape index (κ1) is 20.0. The van der Waals surface area contributed by atoms with Crippen molar-refractivity contribution in [2.45, 2.75) is 4.90 Å². The highest BCUT2D eigenvalue weighted by Gasteiger charge is 2.21. The summed E-state index contributed by atoms with van der Waals surface area (Å²) in [7, 11) is 2.11. The van der Waals surface area contributed by atoms with Gasteiger partial charge in [-0.05, 0) is 18.2 Å². The van der Waals surface area contributed by atoms with Crippen LogP contribution in [0.5, 0.6) is 11.5 Å². The van der Waals surface area contributed by atoms with Crippen molar-refractivity contribution in [2.75, 3.05) is 33.6 Å². The Labute approximate surface area is 157 Å². The predicted molar refractivity (Wildman–Crippen MR) is 99.8 cm³/mol. The first-order chi connectivity index (χ1) is 12.2. The van der Waals surface area contributed by atoms with Crippen LogP contribution < -0.4 is 14.8 Å². The molecule has 0 saturated carbocycles. The van der Waals surface area contributed by atoms with E-state index >= 15 is 0 Å². The first-order valence-electron chi connectivity index (χ1n) is 7.45. The number of anilines is 1. The summed E-state index contributed by atoms with van der Waals surface area (Å²) < 4.78 is 35.9. The van der Waals surface area contributed by atoms with Gasteiger partial charge in [0.1, 0.15) is 11.5 Å². The summed E-state index contributed by atoms with van der Waals surface area (Å²) in [6.07, 6.45) is 0. The highest BCUT2D eigenvalue weighted by Crippen LogP contribution is 2.27. The number of hydrogen-bond donors (Lipinski definition) is 1. The van der Waals surface area contributed by atoms with Gasteiger partial charge < -0.3 is 14.8 Å². The lowest BCUT2D eigenvalue weighted by atomic mass is 10.2. The molecule has 1 N–H and O–H groups in total. The number of methoxy groups -OCH3 is 2. The summed E-state index contributed by atoms with van der Waals surface area (Å²) in [4.78, 5) is 12.6. The van der Waals surface area contributed by atoms with E-state index < -0.39 is 15.9 Å². The van der Waals surface area contributed by atoms with Crippen molar-refractivity contribution in [1.29, 1.82) is 0 Å². The molecule has 0 radical (unpaired) electrons. The number of benzene rings is 2. The molecule has 0 heterocycles. The van der Waals surface area contributed by atoms with E-state index in [0.717, 1.165) is 4.31 Å². The third-order valence-electron chi connectivity index (χ3n) is 3.57. The van der Waals surface area contributed by atoms with E-state index in [1.807, 2.05) is 0 Å². The highest BCUT2D eigenvalue weighted by atomic mass is 35.5. The molecule has 0 aliphatic rings. The Bertz CT molecular complexity index is 906. The van der Waals surface area contributed by atoms with Crippen molar-refractivity contribution in [1.82, 2.24) is 4.31 Å². The third-order valence-corrected chi connectivity index (χ3v) is 5.71. The van der Waals surface area contributed by atoms with Gasteiger partial charge in [-0.2, -0.15) is 0 Å². The average Bonchev–Trinajstić information content (AvgIpc) is 2.61. The molecule has 7 nitrogen and oxygen atoms in total. The molecule has 0 unspecified atom stereocenters. The van der Waals surface area contributed by atoms with Crippen LogP contribution in [-0.2, 0) is 10.0 Å². The normalized spacial score (nSPS) is 11.3. The monoisotopic (exact) mass is 398 g/mol. The standard InChI is InChI=1S/C17H19ClN2O5S/c1-20(2)26(22,23)14-5-6-16(18)15(10-14)17(21)19-11-7-12(24-3)9-13(8-11)25-4/h5-10H,1-4H3,(H,19,21). The fourth-order valence-corrected chi connectivity index (χ4v) is 3.26. The molecule has 2 aromatic carbocycles. The van der Waals surface area contributed by atoms with Crippen LogP contribution in [0.15, 0.2) is 41.3 Å². The van der Waals surface area contributed by atoms with E-state index in [1.165, 1.54) is 46.5 Å². The maximum absolute atomic E-state index is 12.6. The number of ether oxygens (including phenoxy) is 2. The number of carbonyl (C=O) groups excluding carboxylic acids is 1. The van der Waals surface area contributed by atoms with Crippen LogP contribution in [0.4, 0.5) is 5.69 Å². The molecule has 0 atom stereocenters. The SMILES string of the molecule is COc1cc(NC(=O)c2cc(S(=O)(=O)N(C)C)ccc2Cl)cc(OC)c1. The smallest absolute Gasteiger partial charge is 0.257 e. The number of hydrogen-bond acceptors (Lipinski definition) is 5. The van der Waals surface area contributed by atoms with Gasteiger partial charge in [0.15, 0.2) is 0 Å². The Morgan fingerprint density at radius 3 is 2.12 bits per heavy atom. The van der Waals surface area contributed by atoms with Crippen molar-refractivity contribution >= 4 is 33.2 Å². The molecule has 0 aliphatic carbocycles. The second-order valence-corrected chi connectivity index (χ2v) is 8.04. The van der Waals surface area contributed by atoms with Gasteiger partial charge in [-0.1, -0.05) is 11.6 Å². The summed E-state index contributed by atoms with van der Waals surface area (Å²) in [6, 6.07) is 8.84. The van der Waals surface area contributed by atoms with Crippen molar-refractivity contribution in [2.24, 2.45) is 0 Å². The molecular formula is C17H19ClN2O5S. The van der Waals surface area contributed by atoms with Gasteiger partial charge in [0.25, 0.3) is 5.91 Å². The zero-order valence-corrected chi connectivity index (χ0v) is 16.3. The van der Waals surface area contributed by atoms with Crippen molar-refractivity contribution in [3.63, 3.8) is 0 Å². The Balaban J connectivity index is 2.39. The topological polar surface area (TPSA) is 84.9 Å². The number of carbonyl (C=O) groups is 1. The van der Waals surface area contributed by atoms with Crippen LogP contribution in [0.25, 0.3) is 0 Å². The third kappa shape index (κ3) is 4.27. The average molecular weight is 399 g/mol. The summed E-state index contributed by atoms with van der Waals surface area (Å²) in [5.41, 5.74) is 0.458. The van der Waals surface area contributed by atoms with Gasteiger partial charge in [-0.3, -0.25) is 4.79 Å². The quantitative estimate of drug-likeness (QED) is 0.808. The highest BCUT2D eigenvalue weighted by molar-refractivity contribution is 7.89. The van der Waals surface area contributed by atoms with Gasteiger partial charge >= 0.3 is 0 Å². The van der Waals surface area contributed by atoms with Gasteiger partial charge in [-0.15, -0.1) is 0 Å². The van der Waals surface area contributed by atoms with Crippen LogP contribution in [-0.4, -0.2) is 46.9 Å². The molecule has 2 aromatic rings. The number of rotatable bonds is 6. The first-order valence-corrected chi connectivity index (χ1v) is 9.27. The van der Waals surface area contributed by atoms with Crippen LogP contribution in [0.3, 0.4) is 0 Å². The number of nitrogens with zero attached hydrogens (tertiary/aromatic N) is 1. The maximum Gasteiger partial charge on any atom is 0.257 e. The fourth-order valence-electron chi connectivity index (χ4n) is 2.13. The molecule has 140 valence electrons.